The lowest BCUT2D eigenvalue weighted by atomic mass is 10.1. The van der Waals surface area contributed by atoms with E-state index in [9.17, 15) is 9.59 Å². The summed E-state index contributed by atoms with van der Waals surface area (Å²) in [5, 5.41) is 0.552. The van der Waals surface area contributed by atoms with E-state index in [4.69, 9.17) is 0 Å². The Morgan fingerprint density at radius 3 is 2.77 bits per heavy atom. The highest BCUT2D eigenvalue weighted by atomic mass is 32.2. The van der Waals surface area contributed by atoms with Crippen molar-refractivity contribution < 1.29 is 4.79 Å². The number of hydrazine groups is 1. The van der Waals surface area contributed by atoms with E-state index in [0.29, 0.717) is 29.0 Å². The van der Waals surface area contributed by atoms with Crippen LogP contribution >= 0.6 is 11.8 Å². The van der Waals surface area contributed by atoms with Crippen molar-refractivity contribution in [2.24, 2.45) is 0 Å². The molecule has 7 heteroatoms. The van der Waals surface area contributed by atoms with Crippen LogP contribution in [0.5, 0.6) is 0 Å². The zero-order valence-electron chi connectivity index (χ0n) is 14.7. The number of benzene rings is 2. The summed E-state index contributed by atoms with van der Waals surface area (Å²) in [7, 11) is 0. The molecule has 0 spiro atoms. The molecular weight excluding hydrogens is 348 g/mol. The van der Waals surface area contributed by atoms with Crippen LogP contribution in [0, 0.1) is 0 Å². The normalized spacial score (nSPS) is 10.7. The topological polar surface area (TPSA) is 76.0 Å². The van der Waals surface area contributed by atoms with E-state index in [1.807, 2.05) is 43.5 Å². The number of carbonyl (C=O) groups excluding carboxylic acids is 1. The van der Waals surface area contributed by atoms with E-state index in [-0.39, 0.29) is 11.5 Å². The number of nitrogens with one attached hydrogen (secondary N) is 2. The number of rotatable bonds is 6. The van der Waals surface area contributed by atoms with Crippen LogP contribution in [0.1, 0.15) is 22.8 Å². The fraction of sp³-hybridized carbons (Fsp3) is 0.211. The molecule has 0 aliphatic heterocycles. The first kappa shape index (κ1) is 18.0. The summed E-state index contributed by atoms with van der Waals surface area (Å²) in [6.45, 7) is 2.30. The fourth-order valence-corrected chi connectivity index (χ4v) is 3.22. The van der Waals surface area contributed by atoms with Crippen molar-refractivity contribution >= 4 is 34.5 Å². The smallest absolute Gasteiger partial charge is 0.269 e. The Kier molecular flexibility index (Phi) is 5.58. The van der Waals surface area contributed by atoms with Crippen molar-refractivity contribution in [2.45, 2.75) is 19.2 Å². The molecule has 0 saturated heterocycles. The number of aromatic nitrogens is 2. The van der Waals surface area contributed by atoms with E-state index in [0.717, 1.165) is 11.3 Å². The molecule has 0 fully saturated rings. The molecule has 1 heterocycles. The fourth-order valence-electron chi connectivity index (χ4n) is 2.71. The number of para-hydroxylation sites is 1. The maximum absolute atomic E-state index is 12.6. The van der Waals surface area contributed by atoms with Crippen LogP contribution in [0.4, 0.5) is 5.95 Å². The minimum atomic E-state index is -0.280. The zero-order chi connectivity index (χ0) is 18.5. The predicted octanol–water partition coefficient (Wildman–Crippen LogP) is 3.04. The lowest BCUT2D eigenvalue weighted by Crippen LogP contribution is -2.34. The van der Waals surface area contributed by atoms with Crippen molar-refractivity contribution in [3.8, 4) is 0 Å². The Balaban J connectivity index is 1.84. The molecule has 3 aromatic rings. The lowest BCUT2D eigenvalue weighted by molar-refractivity contribution is 0.0962. The molecule has 0 radical (unpaired) electrons. The van der Waals surface area contributed by atoms with Gasteiger partial charge in [0.1, 0.15) is 0 Å². The first-order valence-electron chi connectivity index (χ1n) is 8.28. The highest BCUT2D eigenvalue weighted by Gasteiger charge is 2.11. The molecule has 0 saturated carbocycles. The Bertz CT molecular complexity index is 1000. The van der Waals surface area contributed by atoms with Gasteiger partial charge in [-0.05, 0) is 43.0 Å². The number of carbonyl (C=O) groups is 1. The number of nitrogens with zero attached hydrogens (tertiary/aromatic N) is 2. The van der Waals surface area contributed by atoms with Gasteiger partial charge < -0.3 is 0 Å². The van der Waals surface area contributed by atoms with E-state index >= 15 is 0 Å². The molecule has 2 aromatic carbocycles. The Morgan fingerprint density at radius 2 is 2.00 bits per heavy atom. The lowest BCUT2D eigenvalue weighted by Gasteiger charge is -2.14. The van der Waals surface area contributed by atoms with Gasteiger partial charge in [0.05, 0.1) is 10.9 Å². The summed E-state index contributed by atoms with van der Waals surface area (Å²) < 4.78 is 1.49. The van der Waals surface area contributed by atoms with E-state index in [2.05, 4.69) is 15.8 Å². The molecule has 0 atom stereocenters. The maximum Gasteiger partial charge on any atom is 0.269 e. The van der Waals surface area contributed by atoms with Crippen molar-refractivity contribution in [3.05, 3.63) is 70.0 Å². The number of fused-ring (bicyclic) bond motifs is 1. The Morgan fingerprint density at radius 1 is 1.19 bits per heavy atom. The molecule has 0 aliphatic rings. The third kappa shape index (κ3) is 3.72. The summed E-state index contributed by atoms with van der Waals surface area (Å²) in [4.78, 5) is 29.5. The number of anilines is 1. The summed E-state index contributed by atoms with van der Waals surface area (Å²) >= 11 is 1.70. The Hall–Kier alpha value is -2.80. The van der Waals surface area contributed by atoms with Gasteiger partial charge in [-0.2, -0.15) is 11.8 Å². The van der Waals surface area contributed by atoms with Crippen molar-refractivity contribution in [3.63, 3.8) is 0 Å². The van der Waals surface area contributed by atoms with Crippen molar-refractivity contribution in [2.75, 3.05) is 11.7 Å². The monoisotopic (exact) mass is 368 g/mol. The molecule has 2 N–H and O–H groups in total. The maximum atomic E-state index is 12.6. The van der Waals surface area contributed by atoms with Crippen LogP contribution in [0.2, 0.25) is 0 Å². The molecule has 0 bridgehead atoms. The van der Waals surface area contributed by atoms with Crippen LogP contribution < -0.4 is 16.4 Å². The summed E-state index contributed by atoms with van der Waals surface area (Å²) in [5.41, 5.74) is 7.50. The van der Waals surface area contributed by atoms with Crippen molar-refractivity contribution in [1.82, 2.24) is 15.0 Å². The van der Waals surface area contributed by atoms with Gasteiger partial charge in [-0.1, -0.05) is 24.3 Å². The minimum absolute atomic E-state index is 0.142. The number of hydrogen-bond acceptors (Lipinski definition) is 5. The van der Waals surface area contributed by atoms with Crippen LogP contribution in [0.15, 0.2) is 53.3 Å². The molecule has 134 valence electrons. The number of hydrogen-bond donors (Lipinski definition) is 2. The average Bonchev–Trinajstić information content (AvgIpc) is 2.67. The number of thioether (sulfide) groups is 1. The first-order valence-corrected chi connectivity index (χ1v) is 9.67. The van der Waals surface area contributed by atoms with Gasteiger partial charge in [0.15, 0.2) is 0 Å². The third-order valence-corrected chi connectivity index (χ3v) is 4.59. The molecule has 1 aromatic heterocycles. The first-order chi connectivity index (χ1) is 12.6. The van der Waals surface area contributed by atoms with Crippen molar-refractivity contribution in [1.29, 1.82) is 0 Å². The summed E-state index contributed by atoms with van der Waals surface area (Å²) in [5.74, 6) is 0.874. The van der Waals surface area contributed by atoms with Gasteiger partial charge in [-0.25, -0.2) is 4.98 Å². The molecular formula is C19H20N4O2S. The van der Waals surface area contributed by atoms with Crippen LogP contribution in [-0.2, 0) is 12.3 Å². The van der Waals surface area contributed by atoms with Crippen LogP contribution in [-0.4, -0.2) is 21.7 Å². The number of amides is 1. The largest absolute Gasteiger partial charge is 0.277 e. The standard InChI is InChI=1S/C19H20N4O2S/c1-3-23-18(25)15-9-4-5-10-16(15)20-19(23)22-21-17(24)14-8-6-7-13(11-14)12-26-2/h4-11H,3,12H2,1-2H3,(H,20,22)(H,21,24). The molecule has 1 amide bonds. The van der Waals surface area contributed by atoms with Gasteiger partial charge in [0.2, 0.25) is 5.95 Å². The minimum Gasteiger partial charge on any atom is -0.277 e. The second-order valence-corrected chi connectivity index (χ2v) is 6.58. The van der Waals surface area contributed by atoms with Gasteiger partial charge in [-0.15, -0.1) is 0 Å². The molecule has 0 unspecified atom stereocenters. The highest BCUT2D eigenvalue weighted by Crippen LogP contribution is 2.12. The third-order valence-electron chi connectivity index (χ3n) is 3.97. The Labute approximate surface area is 155 Å². The molecule has 26 heavy (non-hydrogen) atoms. The molecule has 6 nitrogen and oxygen atoms in total. The zero-order valence-corrected chi connectivity index (χ0v) is 15.5. The van der Waals surface area contributed by atoms with Crippen LogP contribution in [0.25, 0.3) is 10.9 Å². The molecule has 0 aliphatic carbocycles. The quantitative estimate of drug-likeness (QED) is 0.654. The van der Waals surface area contributed by atoms with Crippen LogP contribution in [0.3, 0.4) is 0 Å². The second-order valence-electron chi connectivity index (χ2n) is 5.71. The highest BCUT2D eigenvalue weighted by molar-refractivity contribution is 7.97. The van der Waals surface area contributed by atoms with Gasteiger partial charge in [-0.3, -0.25) is 25.0 Å². The SMILES string of the molecule is CCn1c(NNC(=O)c2cccc(CSC)c2)nc2ccccc2c1=O. The average molecular weight is 368 g/mol. The summed E-state index contributed by atoms with van der Waals surface area (Å²) in [6.07, 6.45) is 2.02. The molecule has 3 rings (SSSR count). The van der Waals surface area contributed by atoms with E-state index in [1.165, 1.54) is 4.57 Å². The van der Waals surface area contributed by atoms with Gasteiger partial charge in [0.25, 0.3) is 11.5 Å². The van der Waals surface area contributed by atoms with Gasteiger partial charge in [0, 0.05) is 17.9 Å². The summed E-state index contributed by atoms with van der Waals surface area (Å²) in [6, 6.07) is 14.6. The van der Waals surface area contributed by atoms with E-state index in [1.54, 1.807) is 30.0 Å². The predicted molar refractivity (Wildman–Crippen MR) is 106 cm³/mol. The van der Waals surface area contributed by atoms with Gasteiger partial charge >= 0.3 is 0 Å². The second kappa shape index (κ2) is 8.05. The van der Waals surface area contributed by atoms with E-state index < -0.39 is 0 Å².